The number of nitrogens with one attached hydrogen (secondary N) is 1. The van der Waals surface area contributed by atoms with Gasteiger partial charge in [-0.3, -0.25) is 9.59 Å². The SMILES string of the molecule is CCC(CC)C(O)CNC(=O)c1ccc(N2CCCC2=O)cc1. The standard InChI is InChI=1S/C18H26N2O3/c1-3-13(4-2)16(21)12-19-18(23)14-7-9-15(10-8-14)20-11-5-6-17(20)22/h7-10,13,16,21H,3-6,11-12H2,1-2H3,(H,19,23). The zero-order valence-electron chi connectivity index (χ0n) is 13.9. The molecule has 1 heterocycles. The summed E-state index contributed by atoms with van der Waals surface area (Å²) in [5.41, 5.74) is 1.37. The summed E-state index contributed by atoms with van der Waals surface area (Å²) in [5, 5.41) is 12.8. The Labute approximate surface area is 137 Å². The van der Waals surface area contributed by atoms with Gasteiger partial charge in [0.1, 0.15) is 0 Å². The molecule has 1 saturated heterocycles. The molecule has 1 unspecified atom stereocenters. The summed E-state index contributed by atoms with van der Waals surface area (Å²) in [6.45, 7) is 5.08. The zero-order chi connectivity index (χ0) is 16.8. The van der Waals surface area contributed by atoms with E-state index < -0.39 is 6.10 Å². The molecule has 5 nitrogen and oxygen atoms in total. The first-order valence-electron chi connectivity index (χ1n) is 8.43. The van der Waals surface area contributed by atoms with Crippen molar-refractivity contribution in [2.24, 2.45) is 5.92 Å². The molecule has 1 aromatic carbocycles. The van der Waals surface area contributed by atoms with Crippen molar-refractivity contribution in [3.05, 3.63) is 29.8 Å². The van der Waals surface area contributed by atoms with Crippen LogP contribution in [-0.2, 0) is 4.79 Å². The van der Waals surface area contributed by atoms with Crippen LogP contribution in [0, 0.1) is 5.92 Å². The fourth-order valence-electron chi connectivity index (χ4n) is 3.01. The molecule has 2 rings (SSSR count). The van der Waals surface area contributed by atoms with E-state index in [9.17, 15) is 14.7 Å². The molecule has 2 amide bonds. The first-order valence-corrected chi connectivity index (χ1v) is 8.43. The number of hydrogen-bond donors (Lipinski definition) is 2. The predicted octanol–water partition coefficient (Wildman–Crippen LogP) is 2.34. The molecule has 126 valence electrons. The lowest BCUT2D eigenvalue weighted by atomic mass is 9.96. The summed E-state index contributed by atoms with van der Waals surface area (Å²) >= 11 is 0. The first-order chi connectivity index (χ1) is 11.1. The maximum Gasteiger partial charge on any atom is 0.251 e. The second kappa shape index (κ2) is 8.11. The molecule has 0 radical (unpaired) electrons. The molecule has 1 aromatic rings. The number of benzene rings is 1. The van der Waals surface area contributed by atoms with Crippen LogP contribution < -0.4 is 10.2 Å². The van der Waals surface area contributed by atoms with Gasteiger partial charge in [0.2, 0.25) is 5.91 Å². The molecule has 0 aliphatic carbocycles. The van der Waals surface area contributed by atoms with Gasteiger partial charge >= 0.3 is 0 Å². The number of aliphatic hydroxyl groups is 1. The van der Waals surface area contributed by atoms with E-state index >= 15 is 0 Å². The van der Waals surface area contributed by atoms with Gasteiger partial charge in [-0.2, -0.15) is 0 Å². The number of amides is 2. The van der Waals surface area contributed by atoms with Gasteiger partial charge in [-0.25, -0.2) is 0 Å². The minimum Gasteiger partial charge on any atom is -0.391 e. The molecule has 1 atom stereocenters. The lowest BCUT2D eigenvalue weighted by Gasteiger charge is -2.20. The third-order valence-electron chi connectivity index (χ3n) is 4.58. The highest BCUT2D eigenvalue weighted by Gasteiger charge is 2.22. The van der Waals surface area contributed by atoms with E-state index in [1.807, 2.05) is 13.8 Å². The molecule has 5 heteroatoms. The highest BCUT2D eigenvalue weighted by atomic mass is 16.3. The molecule has 0 aromatic heterocycles. The maximum atomic E-state index is 12.1. The molecule has 2 N–H and O–H groups in total. The van der Waals surface area contributed by atoms with Crippen molar-refractivity contribution in [1.82, 2.24) is 5.32 Å². The van der Waals surface area contributed by atoms with Crippen molar-refractivity contribution in [2.45, 2.75) is 45.6 Å². The van der Waals surface area contributed by atoms with Crippen molar-refractivity contribution in [3.63, 3.8) is 0 Å². The van der Waals surface area contributed by atoms with Crippen LogP contribution in [0.5, 0.6) is 0 Å². The van der Waals surface area contributed by atoms with E-state index in [1.54, 1.807) is 29.2 Å². The average molecular weight is 318 g/mol. The molecular formula is C18H26N2O3. The van der Waals surface area contributed by atoms with E-state index in [-0.39, 0.29) is 24.3 Å². The lowest BCUT2D eigenvalue weighted by Crippen LogP contribution is -2.36. The second-order valence-corrected chi connectivity index (χ2v) is 6.05. The molecular weight excluding hydrogens is 292 g/mol. The van der Waals surface area contributed by atoms with Crippen LogP contribution in [0.1, 0.15) is 49.9 Å². The van der Waals surface area contributed by atoms with Crippen molar-refractivity contribution >= 4 is 17.5 Å². The van der Waals surface area contributed by atoms with Gasteiger partial charge in [0.25, 0.3) is 5.91 Å². The normalized spacial score (nSPS) is 16.0. The highest BCUT2D eigenvalue weighted by Crippen LogP contribution is 2.21. The van der Waals surface area contributed by atoms with Crippen LogP contribution in [-0.4, -0.2) is 36.1 Å². The van der Waals surface area contributed by atoms with Gasteiger partial charge in [-0.15, -0.1) is 0 Å². The van der Waals surface area contributed by atoms with Gasteiger partial charge in [-0.05, 0) is 36.6 Å². The van der Waals surface area contributed by atoms with Crippen molar-refractivity contribution in [1.29, 1.82) is 0 Å². The Morgan fingerprint density at radius 3 is 2.43 bits per heavy atom. The molecule has 1 aliphatic rings. The van der Waals surface area contributed by atoms with Gasteiger partial charge in [0.15, 0.2) is 0 Å². The van der Waals surface area contributed by atoms with Crippen LogP contribution in [0.2, 0.25) is 0 Å². The van der Waals surface area contributed by atoms with Crippen LogP contribution in [0.25, 0.3) is 0 Å². The number of anilines is 1. The maximum absolute atomic E-state index is 12.1. The fraction of sp³-hybridized carbons (Fsp3) is 0.556. The third kappa shape index (κ3) is 4.32. The van der Waals surface area contributed by atoms with Crippen LogP contribution >= 0.6 is 0 Å². The largest absolute Gasteiger partial charge is 0.391 e. The quantitative estimate of drug-likeness (QED) is 0.811. The van der Waals surface area contributed by atoms with E-state index in [4.69, 9.17) is 0 Å². The molecule has 0 bridgehead atoms. The Bertz CT molecular complexity index is 538. The van der Waals surface area contributed by atoms with Crippen LogP contribution in [0.4, 0.5) is 5.69 Å². The molecule has 0 spiro atoms. The van der Waals surface area contributed by atoms with E-state index in [1.165, 1.54) is 0 Å². The smallest absolute Gasteiger partial charge is 0.251 e. The van der Waals surface area contributed by atoms with E-state index in [2.05, 4.69) is 5.32 Å². The van der Waals surface area contributed by atoms with Crippen molar-refractivity contribution < 1.29 is 14.7 Å². The Balaban J connectivity index is 1.91. The number of aliphatic hydroxyl groups excluding tert-OH is 1. The first kappa shape index (κ1) is 17.5. The summed E-state index contributed by atoms with van der Waals surface area (Å²) in [4.78, 5) is 25.6. The van der Waals surface area contributed by atoms with E-state index in [0.29, 0.717) is 12.0 Å². The molecule has 1 aliphatic heterocycles. The topological polar surface area (TPSA) is 69.6 Å². The number of rotatable bonds is 7. The Morgan fingerprint density at radius 1 is 1.26 bits per heavy atom. The average Bonchev–Trinajstić information content (AvgIpc) is 3.00. The Morgan fingerprint density at radius 2 is 1.91 bits per heavy atom. The number of carbonyl (C=O) groups is 2. The zero-order valence-corrected chi connectivity index (χ0v) is 13.9. The van der Waals surface area contributed by atoms with Crippen molar-refractivity contribution in [3.8, 4) is 0 Å². The van der Waals surface area contributed by atoms with Crippen LogP contribution in [0.15, 0.2) is 24.3 Å². The number of nitrogens with zero attached hydrogens (tertiary/aromatic N) is 1. The minimum atomic E-state index is -0.518. The minimum absolute atomic E-state index is 0.135. The lowest BCUT2D eigenvalue weighted by molar-refractivity contribution is -0.117. The molecule has 0 saturated carbocycles. The molecule has 1 fully saturated rings. The second-order valence-electron chi connectivity index (χ2n) is 6.05. The fourth-order valence-corrected chi connectivity index (χ4v) is 3.01. The summed E-state index contributed by atoms with van der Waals surface area (Å²) in [7, 11) is 0. The van der Waals surface area contributed by atoms with Gasteiger partial charge in [0, 0.05) is 30.8 Å². The van der Waals surface area contributed by atoms with Gasteiger partial charge in [-0.1, -0.05) is 26.7 Å². The van der Waals surface area contributed by atoms with Gasteiger partial charge < -0.3 is 15.3 Å². The van der Waals surface area contributed by atoms with E-state index in [0.717, 1.165) is 31.5 Å². The van der Waals surface area contributed by atoms with Crippen molar-refractivity contribution in [2.75, 3.05) is 18.0 Å². The van der Waals surface area contributed by atoms with Gasteiger partial charge in [0.05, 0.1) is 6.10 Å². The number of carbonyl (C=O) groups excluding carboxylic acids is 2. The third-order valence-corrected chi connectivity index (χ3v) is 4.58. The highest BCUT2D eigenvalue weighted by molar-refractivity contribution is 5.97. The summed E-state index contributed by atoms with van der Waals surface area (Å²) in [6.07, 6.45) is 2.75. The number of hydrogen-bond acceptors (Lipinski definition) is 3. The monoisotopic (exact) mass is 318 g/mol. The summed E-state index contributed by atoms with van der Waals surface area (Å²) in [6, 6.07) is 7.05. The Kier molecular flexibility index (Phi) is 6.16. The van der Waals surface area contributed by atoms with Crippen LogP contribution in [0.3, 0.4) is 0 Å². The predicted molar refractivity (Wildman–Crippen MR) is 90.4 cm³/mol. The summed E-state index contributed by atoms with van der Waals surface area (Å²) < 4.78 is 0. The summed E-state index contributed by atoms with van der Waals surface area (Å²) in [5.74, 6) is 0.142. The Hall–Kier alpha value is -1.88. The molecule has 23 heavy (non-hydrogen) atoms.